The van der Waals surface area contributed by atoms with E-state index >= 15 is 0 Å². The van der Waals surface area contributed by atoms with Crippen LogP contribution in [-0.4, -0.2) is 31.1 Å². The van der Waals surface area contributed by atoms with Crippen molar-refractivity contribution in [2.75, 3.05) is 20.1 Å². The Kier molecular flexibility index (Phi) is 4.66. The van der Waals surface area contributed by atoms with Crippen LogP contribution in [0.1, 0.15) is 31.9 Å². The van der Waals surface area contributed by atoms with Gasteiger partial charge in [-0.3, -0.25) is 4.90 Å². The molecule has 0 aliphatic carbocycles. The van der Waals surface area contributed by atoms with Gasteiger partial charge < -0.3 is 5.32 Å². The van der Waals surface area contributed by atoms with E-state index in [-0.39, 0.29) is 0 Å². The Balaban J connectivity index is 2.04. The van der Waals surface area contributed by atoms with Gasteiger partial charge in [0.15, 0.2) is 0 Å². The van der Waals surface area contributed by atoms with E-state index in [2.05, 4.69) is 43.2 Å². The number of nitrogens with zero attached hydrogens (tertiary/aromatic N) is 1. The minimum atomic E-state index is 0.448. The van der Waals surface area contributed by atoms with E-state index in [1.54, 1.807) is 0 Å². The van der Waals surface area contributed by atoms with E-state index in [0.29, 0.717) is 18.0 Å². The Labute approximate surface area is 115 Å². The van der Waals surface area contributed by atoms with Crippen molar-refractivity contribution in [3.05, 3.63) is 34.9 Å². The lowest BCUT2D eigenvalue weighted by molar-refractivity contribution is 0.114. The maximum absolute atomic E-state index is 6.07. The third-order valence-electron chi connectivity index (χ3n) is 4.19. The highest BCUT2D eigenvalue weighted by molar-refractivity contribution is 6.30. The van der Waals surface area contributed by atoms with Gasteiger partial charge >= 0.3 is 0 Å². The third-order valence-corrected chi connectivity index (χ3v) is 4.42. The van der Waals surface area contributed by atoms with Crippen molar-refractivity contribution in [1.29, 1.82) is 0 Å². The van der Waals surface area contributed by atoms with Gasteiger partial charge in [0, 0.05) is 30.2 Å². The van der Waals surface area contributed by atoms with Crippen LogP contribution in [-0.2, 0) is 0 Å². The monoisotopic (exact) mass is 266 g/mol. The van der Waals surface area contributed by atoms with E-state index < -0.39 is 0 Å². The molecule has 1 aliphatic heterocycles. The smallest absolute Gasteiger partial charge is 0.0409 e. The highest BCUT2D eigenvalue weighted by Crippen LogP contribution is 2.27. The van der Waals surface area contributed by atoms with Crippen LogP contribution in [0.5, 0.6) is 0 Å². The lowest BCUT2D eigenvalue weighted by Gasteiger charge is -2.40. The largest absolute Gasteiger partial charge is 0.317 e. The number of benzene rings is 1. The molecule has 0 aromatic heterocycles. The Hall–Kier alpha value is -0.570. The summed E-state index contributed by atoms with van der Waals surface area (Å²) in [6.45, 7) is 6.92. The molecule has 1 aliphatic rings. The van der Waals surface area contributed by atoms with Crippen LogP contribution >= 0.6 is 11.6 Å². The Morgan fingerprint density at radius 2 is 2.22 bits per heavy atom. The summed E-state index contributed by atoms with van der Waals surface area (Å²) in [4.78, 5) is 2.56. The second-order valence-electron chi connectivity index (χ2n) is 5.39. The fourth-order valence-corrected chi connectivity index (χ4v) is 3.13. The summed E-state index contributed by atoms with van der Waals surface area (Å²) in [6.07, 6.45) is 1.22. The molecule has 1 saturated heterocycles. The second-order valence-corrected chi connectivity index (χ2v) is 5.82. The van der Waals surface area contributed by atoms with E-state index in [0.717, 1.165) is 18.1 Å². The highest BCUT2D eigenvalue weighted by Gasteiger charge is 2.27. The molecule has 18 heavy (non-hydrogen) atoms. The zero-order chi connectivity index (χ0) is 13.1. The van der Waals surface area contributed by atoms with Gasteiger partial charge in [-0.2, -0.15) is 0 Å². The number of nitrogens with one attached hydrogen (secondary N) is 1. The number of halogens is 1. The van der Waals surface area contributed by atoms with Crippen molar-refractivity contribution < 1.29 is 0 Å². The molecule has 1 aromatic rings. The molecule has 0 spiro atoms. The average Bonchev–Trinajstić information content (AvgIpc) is 2.37. The maximum atomic E-state index is 6.07. The van der Waals surface area contributed by atoms with Gasteiger partial charge in [-0.25, -0.2) is 0 Å². The third kappa shape index (κ3) is 3.05. The van der Waals surface area contributed by atoms with Crippen LogP contribution in [0.15, 0.2) is 24.3 Å². The molecule has 2 nitrogen and oxygen atoms in total. The minimum absolute atomic E-state index is 0.448. The summed E-state index contributed by atoms with van der Waals surface area (Å²) in [5.74, 6) is 0.699. The predicted octanol–water partition coefficient (Wildman–Crippen LogP) is 3.33. The zero-order valence-electron chi connectivity index (χ0n) is 11.5. The zero-order valence-corrected chi connectivity index (χ0v) is 12.2. The molecule has 3 atom stereocenters. The van der Waals surface area contributed by atoms with Crippen LogP contribution in [0, 0.1) is 5.92 Å². The second kappa shape index (κ2) is 6.05. The maximum Gasteiger partial charge on any atom is 0.0409 e. The predicted molar refractivity (Wildman–Crippen MR) is 78.1 cm³/mol. The van der Waals surface area contributed by atoms with E-state index in [1.807, 2.05) is 12.1 Å². The number of hydrogen-bond donors (Lipinski definition) is 1. The van der Waals surface area contributed by atoms with Crippen LogP contribution in [0.25, 0.3) is 0 Å². The topological polar surface area (TPSA) is 15.3 Å². The van der Waals surface area contributed by atoms with Crippen LogP contribution < -0.4 is 5.32 Å². The first-order chi connectivity index (χ1) is 8.61. The molecule has 3 heteroatoms. The standard InChI is InChI=1S/C15H23ClN2/c1-11-10-18(8-7-15(11)17-3)12(2)13-5-4-6-14(16)9-13/h4-6,9,11-12,15,17H,7-8,10H2,1-3H3. The number of hydrogen-bond acceptors (Lipinski definition) is 2. The summed E-state index contributed by atoms with van der Waals surface area (Å²) >= 11 is 6.07. The normalized spacial score (nSPS) is 27.1. The molecule has 0 bridgehead atoms. The van der Waals surface area contributed by atoms with Gasteiger partial charge in [0.05, 0.1) is 0 Å². The minimum Gasteiger partial charge on any atom is -0.317 e. The molecule has 1 aromatic carbocycles. The summed E-state index contributed by atoms with van der Waals surface area (Å²) in [5, 5.41) is 4.25. The molecular formula is C15H23ClN2. The molecule has 0 radical (unpaired) electrons. The molecule has 0 amide bonds. The summed E-state index contributed by atoms with van der Waals surface area (Å²) < 4.78 is 0. The van der Waals surface area contributed by atoms with Crippen molar-refractivity contribution in [2.45, 2.75) is 32.4 Å². The average molecular weight is 267 g/mol. The SMILES string of the molecule is CNC1CCN(C(C)c2cccc(Cl)c2)CC1C. The first-order valence-electron chi connectivity index (χ1n) is 6.78. The fourth-order valence-electron chi connectivity index (χ4n) is 2.94. The number of likely N-dealkylation sites (tertiary alicyclic amines) is 1. The quantitative estimate of drug-likeness (QED) is 0.903. The molecule has 3 unspecified atom stereocenters. The van der Waals surface area contributed by atoms with Crippen molar-refractivity contribution >= 4 is 11.6 Å². The first-order valence-corrected chi connectivity index (χ1v) is 7.16. The van der Waals surface area contributed by atoms with Gasteiger partial charge in [-0.15, -0.1) is 0 Å². The van der Waals surface area contributed by atoms with E-state index in [9.17, 15) is 0 Å². The van der Waals surface area contributed by atoms with Crippen LogP contribution in [0.3, 0.4) is 0 Å². The summed E-state index contributed by atoms with van der Waals surface area (Å²) in [5.41, 5.74) is 1.32. The molecular weight excluding hydrogens is 244 g/mol. The van der Waals surface area contributed by atoms with E-state index in [4.69, 9.17) is 11.6 Å². The van der Waals surface area contributed by atoms with Crippen molar-refractivity contribution in [3.63, 3.8) is 0 Å². The molecule has 1 N–H and O–H groups in total. The summed E-state index contributed by atoms with van der Waals surface area (Å²) in [6, 6.07) is 9.34. The highest BCUT2D eigenvalue weighted by atomic mass is 35.5. The Morgan fingerprint density at radius 1 is 1.44 bits per heavy atom. The molecule has 0 saturated carbocycles. The molecule has 100 valence electrons. The van der Waals surface area contributed by atoms with Gasteiger partial charge in [-0.1, -0.05) is 30.7 Å². The van der Waals surface area contributed by atoms with Gasteiger partial charge in [0.1, 0.15) is 0 Å². The van der Waals surface area contributed by atoms with E-state index in [1.165, 1.54) is 12.0 Å². The Bertz CT molecular complexity index is 394. The van der Waals surface area contributed by atoms with Gasteiger partial charge in [0.2, 0.25) is 0 Å². The first kappa shape index (κ1) is 13.9. The van der Waals surface area contributed by atoms with Crippen molar-refractivity contribution in [2.24, 2.45) is 5.92 Å². The Morgan fingerprint density at radius 3 is 2.83 bits per heavy atom. The fraction of sp³-hybridized carbons (Fsp3) is 0.600. The number of rotatable bonds is 3. The van der Waals surface area contributed by atoms with Crippen molar-refractivity contribution in [3.8, 4) is 0 Å². The van der Waals surface area contributed by atoms with Gasteiger partial charge in [-0.05, 0) is 44.0 Å². The van der Waals surface area contributed by atoms with Crippen LogP contribution in [0.2, 0.25) is 5.02 Å². The molecule has 1 heterocycles. The summed E-state index contributed by atoms with van der Waals surface area (Å²) in [7, 11) is 2.07. The van der Waals surface area contributed by atoms with Crippen molar-refractivity contribution in [1.82, 2.24) is 10.2 Å². The molecule has 1 fully saturated rings. The lowest BCUT2D eigenvalue weighted by atomic mass is 9.92. The lowest BCUT2D eigenvalue weighted by Crippen LogP contribution is -2.47. The molecule has 2 rings (SSSR count). The van der Waals surface area contributed by atoms with Crippen LogP contribution in [0.4, 0.5) is 0 Å². The van der Waals surface area contributed by atoms with Gasteiger partial charge in [0.25, 0.3) is 0 Å². The number of piperidine rings is 1.